The summed E-state index contributed by atoms with van der Waals surface area (Å²) in [4.78, 5) is 12.8. The molecule has 0 saturated heterocycles. The second kappa shape index (κ2) is 8.55. The zero-order valence-electron chi connectivity index (χ0n) is 11.8. The third-order valence-corrected chi connectivity index (χ3v) is 4.71. The van der Waals surface area contributed by atoms with Gasteiger partial charge in [0.2, 0.25) is 5.91 Å². The molecule has 2 aromatic rings. The highest BCUT2D eigenvalue weighted by Crippen LogP contribution is 2.19. The summed E-state index contributed by atoms with van der Waals surface area (Å²) in [5, 5.41) is 4.83. The lowest BCUT2D eigenvalue weighted by molar-refractivity contribution is -0.118. The van der Waals surface area contributed by atoms with Gasteiger partial charge in [-0.3, -0.25) is 4.79 Å². The summed E-state index contributed by atoms with van der Waals surface area (Å²) >= 11 is 9.51. The van der Waals surface area contributed by atoms with Gasteiger partial charge in [0.1, 0.15) is 0 Å². The van der Waals surface area contributed by atoms with E-state index >= 15 is 0 Å². The molecule has 0 heterocycles. The average Bonchev–Trinajstić information content (AvgIpc) is 2.52. The van der Waals surface area contributed by atoms with E-state index in [0.717, 1.165) is 19.7 Å². The predicted molar refractivity (Wildman–Crippen MR) is 102 cm³/mol. The van der Waals surface area contributed by atoms with Gasteiger partial charge in [0, 0.05) is 13.5 Å². The molecule has 22 heavy (non-hydrogen) atoms. The SMILES string of the molecule is C/C(=N/NC(=O)CSc1ccc(Cl)cc1)c1cccc(I)c1. The molecule has 0 spiro atoms. The number of carbonyl (C=O) groups excluding carboxylic acids is 1. The van der Waals surface area contributed by atoms with E-state index in [2.05, 4.69) is 33.1 Å². The zero-order chi connectivity index (χ0) is 15.9. The number of amides is 1. The fraction of sp³-hybridized carbons (Fsp3) is 0.125. The zero-order valence-corrected chi connectivity index (χ0v) is 15.6. The Bertz CT molecular complexity index is 689. The normalized spacial score (nSPS) is 11.3. The highest BCUT2D eigenvalue weighted by molar-refractivity contribution is 14.1. The number of nitrogens with one attached hydrogen (secondary N) is 1. The van der Waals surface area contributed by atoms with Crippen LogP contribution in [0.15, 0.2) is 58.5 Å². The van der Waals surface area contributed by atoms with Crippen LogP contribution in [0.25, 0.3) is 0 Å². The van der Waals surface area contributed by atoms with Crippen LogP contribution in [0.1, 0.15) is 12.5 Å². The van der Waals surface area contributed by atoms with Crippen molar-refractivity contribution in [2.75, 3.05) is 5.75 Å². The molecule has 0 unspecified atom stereocenters. The quantitative estimate of drug-likeness (QED) is 0.317. The van der Waals surface area contributed by atoms with Gasteiger partial charge in [-0.05, 0) is 71.5 Å². The molecule has 0 atom stereocenters. The first-order valence-corrected chi connectivity index (χ1v) is 8.96. The van der Waals surface area contributed by atoms with Gasteiger partial charge in [-0.25, -0.2) is 5.43 Å². The standard InChI is InChI=1S/C16H14ClIN2OS/c1-11(12-3-2-4-14(18)9-12)19-20-16(21)10-22-15-7-5-13(17)6-8-15/h2-9H,10H2,1H3,(H,20,21)/b19-11-. The Morgan fingerprint density at radius 1 is 1.27 bits per heavy atom. The maximum absolute atomic E-state index is 11.8. The van der Waals surface area contributed by atoms with E-state index in [-0.39, 0.29) is 5.91 Å². The number of hydrogen-bond acceptors (Lipinski definition) is 3. The molecule has 2 aromatic carbocycles. The fourth-order valence-corrected chi connectivity index (χ4v) is 3.00. The molecule has 114 valence electrons. The molecule has 1 N–H and O–H groups in total. The molecule has 0 radical (unpaired) electrons. The molecule has 0 saturated carbocycles. The van der Waals surface area contributed by atoms with E-state index in [9.17, 15) is 4.79 Å². The summed E-state index contributed by atoms with van der Waals surface area (Å²) in [6, 6.07) is 15.4. The minimum atomic E-state index is -0.134. The van der Waals surface area contributed by atoms with Crippen LogP contribution < -0.4 is 5.43 Å². The third-order valence-electron chi connectivity index (χ3n) is 2.77. The number of benzene rings is 2. The molecular formula is C16H14ClIN2OS. The smallest absolute Gasteiger partial charge is 0.250 e. The van der Waals surface area contributed by atoms with Gasteiger partial charge in [-0.1, -0.05) is 23.7 Å². The molecule has 0 bridgehead atoms. The third kappa shape index (κ3) is 5.62. The maximum Gasteiger partial charge on any atom is 0.250 e. The molecule has 1 amide bonds. The lowest BCUT2D eigenvalue weighted by Crippen LogP contribution is -2.21. The van der Waals surface area contributed by atoms with Crippen LogP contribution in [0.5, 0.6) is 0 Å². The van der Waals surface area contributed by atoms with Gasteiger partial charge in [0.25, 0.3) is 0 Å². The first-order valence-electron chi connectivity index (χ1n) is 6.52. The van der Waals surface area contributed by atoms with Crippen LogP contribution in [-0.4, -0.2) is 17.4 Å². The monoisotopic (exact) mass is 444 g/mol. The minimum Gasteiger partial charge on any atom is -0.272 e. The van der Waals surface area contributed by atoms with Crippen LogP contribution in [-0.2, 0) is 4.79 Å². The Balaban J connectivity index is 1.86. The number of hydrogen-bond donors (Lipinski definition) is 1. The molecule has 0 fully saturated rings. The number of halogens is 2. The number of nitrogens with zero attached hydrogens (tertiary/aromatic N) is 1. The largest absolute Gasteiger partial charge is 0.272 e. The number of thioether (sulfide) groups is 1. The number of hydrazone groups is 1. The van der Waals surface area contributed by atoms with Gasteiger partial charge in [-0.15, -0.1) is 11.8 Å². The number of carbonyl (C=O) groups is 1. The van der Waals surface area contributed by atoms with Gasteiger partial charge in [0.05, 0.1) is 11.5 Å². The van der Waals surface area contributed by atoms with Gasteiger partial charge in [0.15, 0.2) is 0 Å². The van der Waals surface area contributed by atoms with Crippen molar-refractivity contribution in [3.8, 4) is 0 Å². The van der Waals surface area contributed by atoms with Crippen molar-refractivity contribution in [2.24, 2.45) is 5.10 Å². The first-order chi connectivity index (χ1) is 10.5. The summed E-state index contributed by atoms with van der Waals surface area (Å²) < 4.78 is 1.13. The topological polar surface area (TPSA) is 41.5 Å². The van der Waals surface area contributed by atoms with Crippen molar-refractivity contribution in [3.05, 3.63) is 62.7 Å². The highest BCUT2D eigenvalue weighted by Gasteiger charge is 2.03. The van der Waals surface area contributed by atoms with Gasteiger partial charge >= 0.3 is 0 Å². The van der Waals surface area contributed by atoms with E-state index in [0.29, 0.717) is 10.8 Å². The second-order valence-corrected chi connectivity index (χ2v) is 7.22. The van der Waals surface area contributed by atoms with E-state index in [1.165, 1.54) is 11.8 Å². The Morgan fingerprint density at radius 2 is 2.00 bits per heavy atom. The molecule has 0 aromatic heterocycles. The Kier molecular flexibility index (Phi) is 6.72. The molecule has 0 aliphatic carbocycles. The molecule has 0 aliphatic rings. The summed E-state index contributed by atoms with van der Waals surface area (Å²) in [5.41, 5.74) is 4.36. The Labute approximate surface area is 152 Å². The summed E-state index contributed by atoms with van der Waals surface area (Å²) in [5.74, 6) is 0.176. The lowest BCUT2D eigenvalue weighted by atomic mass is 10.1. The maximum atomic E-state index is 11.8. The molecule has 2 rings (SSSR count). The summed E-state index contributed by atoms with van der Waals surface area (Å²) in [6.45, 7) is 1.87. The van der Waals surface area contributed by atoms with E-state index in [4.69, 9.17) is 11.6 Å². The predicted octanol–water partition coefficient (Wildman–Crippen LogP) is 4.58. The van der Waals surface area contributed by atoms with E-state index in [1.807, 2.05) is 43.3 Å². The van der Waals surface area contributed by atoms with Gasteiger partial charge in [-0.2, -0.15) is 5.10 Å². The molecule has 0 aliphatic heterocycles. The molecule has 6 heteroatoms. The highest BCUT2D eigenvalue weighted by atomic mass is 127. The lowest BCUT2D eigenvalue weighted by Gasteiger charge is -2.04. The molecular weight excluding hydrogens is 431 g/mol. The van der Waals surface area contributed by atoms with Crippen molar-refractivity contribution in [2.45, 2.75) is 11.8 Å². The summed E-state index contributed by atoms with van der Waals surface area (Å²) in [7, 11) is 0. The van der Waals surface area contributed by atoms with Crippen molar-refractivity contribution in [1.29, 1.82) is 0 Å². The van der Waals surface area contributed by atoms with Crippen molar-refractivity contribution >= 4 is 57.6 Å². The van der Waals surface area contributed by atoms with E-state index in [1.54, 1.807) is 12.1 Å². The fourth-order valence-electron chi connectivity index (χ4n) is 1.64. The van der Waals surface area contributed by atoms with Crippen molar-refractivity contribution in [1.82, 2.24) is 5.43 Å². The van der Waals surface area contributed by atoms with Crippen LogP contribution in [0, 0.1) is 3.57 Å². The Hall–Kier alpha value is -1.05. The minimum absolute atomic E-state index is 0.134. The van der Waals surface area contributed by atoms with Crippen LogP contribution in [0.3, 0.4) is 0 Å². The second-order valence-electron chi connectivity index (χ2n) is 4.49. The van der Waals surface area contributed by atoms with Crippen LogP contribution in [0.2, 0.25) is 5.02 Å². The van der Waals surface area contributed by atoms with Crippen LogP contribution >= 0.6 is 46.0 Å². The van der Waals surface area contributed by atoms with Gasteiger partial charge < -0.3 is 0 Å². The summed E-state index contributed by atoms with van der Waals surface area (Å²) in [6.07, 6.45) is 0. The van der Waals surface area contributed by atoms with Crippen LogP contribution in [0.4, 0.5) is 0 Å². The Morgan fingerprint density at radius 3 is 2.68 bits per heavy atom. The van der Waals surface area contributed by atoms with Crippen molar-refractivity contribution in [3.63, 3.8) is 0 Å². The van der Waals surface area contributed by atoms with E-state index < -0.39 is 0 Å². The number of rotatable bonds is 5. The molecule has 3 nitrogen and oxygen atoms in total. The van der Waals surface area contributed by atoms with Crippen molar-refractivity contribution < 1.29 is 4.79 Å². The average molecular weight is 445 g/mol. The first kappa shape index (κ1) is 17.3.